The molecule has 2 heterocycles. The van der Waals surface area contributed by atoms with E-state index >= 15 is 0 Å². The predicted octanol–water partition coefficient (Wildman–Crippen LogP) is 3.84. The average molecular weight is 367 g/mol. The van der Waals surface area contributed by atoms with E-state index in [1.165, 1.54) is 18.9 Å². The van der Waals surface area contributed by atoms with Gasteiger partial charge in [-0.1, -0.05) is 24.6 Å². The molecule has 1 atom stereocenters. The van der Waals surface area contributed by atoms with E-state index in [0.29, 0.717) is 5.16 Å². The second-order valence-corrected chi connectivity index (χ2v) is 8.77. The molecular weight excluding hydrogens is 344 g/mol. The summed E-state index contributed by atoms with van der Waals surface area (Å²) in [6.07, 6.45) is 4.26. The van der Waals surface area contributed by atoms with Gasteiger partial charge in [-0.05, 0) is 39.2 Å². The van der Waals surface area contributed by atoms with Crippen LogP contribution in [0.4, 0.5) is 0 Å². The predicted molar refractivity (Wildman–Crippen MR) is 98.2 cm³/mol. The number of methoxy groups -OCH3 is 1. The molecule has 7 heteroatoms. The summed E-state index contributed by atoms with van der Waals surface area (Å²) < 4.78 is 6.65. The molecule has 0 spiro atoms. The van der Waals surface area contributed by atoms with Crippen molar-refractivity contribution in [2.75, 3.05) is 7.11 Å². The molecule has 0 unspecified atom stereocenters. The largest absolute Gasteiger partial charge is 0.468 e. The molecule has 1 saturated carbocycles. The number of esters is 1. The van der Waals surface area contributed by atoms with Crippen LogP contribution in [0.3, 0.4) is 0 Å². The zero-order chi connectivity index (χ0) is 17.4. The normalized spacial score (nSPS) is 16.7. The Hall–Kier alpha value is -1.34. The average Bonchev–Trinajstić information content (AvgIpc) is 3.16. The maximum atomic E-state index is 13.2. The maximum Gasteiger partial charge on any atom is 0.318 e. The fraction of sp³-hybridized carbons (Fsp3) is 0.588. The van der Waals surface area contributed by atoms with Gasteiger partial charge >= 0.3 is 5.97 Å². The van der Waals surface area contributed by atoms with Gasteiger partial charge in [-0.15, -0.1) is 11.3 Å². The molecule has 1 aliphatic rings. The van der Waals surface area contributed by atoms with E-state index in [4.69, 9.17) is 9.72 Å². The summed E-state index contributed by atoms with van der Waals surface area (Å²) in [4.78, 5) is 31.6. The third kappa shape index (κ3) is 2.99. The van der Waals surface area contributed by atoms with Crippen molar-refractivity contribution >= 4 is 39.3 Å². The number of fused-ring (bicyclic) bond motifs is 1. The molecule has 0 saturated heterocycles. The molecule has 1 fully saturated rings. The van der Waals surface area contributed by atoms with E-state index in [-0.39, 0.29) is 17.6 Å². The maximum absolute atomic E-state index is 13.2. The van der Waals surface area contributed by atoms with Crippen molar-refractivity contribution in [2.45, 2.75) is 62.9 Å². The molecule has 0 aliphatic heterocycles. The third-order valence-corrected chi connectivity index (χ3v) is 6.85. The van der Waals surface area contributed by atoms with Gasteiger partial charge in [0.25, 0.3) is 5.56 Å². The number of ether oxygens (including phenoxy) is 1. The number of thiophene rings is 1. The lowest BCUT2D eigenvalue weighted by Crippen LogP contribution is -2.27. The zero-order valence-electron chi connectivity index (χ0n) is 14.4. The first-order chi connectivity index (χ1) is 11.4. The van der Waals surface area contributed by atoms with Crippen LogP contribution >= 0.6 is 23.1 Å². The summed E-state index contributed by atoms with van der Waals surface area (Å²) in [7, 11) is 1.38. The van der Waals surface area contributed by atoms with Gasteiger partial charge in [0, 0.05) is 10.9 Å². The SMILES string of the molecule is COC(=O)[C@H](C)Sc1nc2sc(C)c(C)c2c(=O)n1C1CCCC1. The van der Waals surface area contributed by atoms with Gasteiger partial charge in [0.15, 0.2) is 5.16 Å². The van der Waals surface area contributed by atoms with Crippen LogP contribution in [0.1, 0.15) is 49.1 Å². The Morgan fingerprint density at radius 3 is 2.67 bits per heavy atom. The van der Waals surface area contributed by atoms with E-state index in [2.05, 4.69) is 0 Å². The third-order valence-electron chi connectivity index (χ3n) is 4.71. The van der Waals surface area contributed by atoms with Crippen molar-refractivity contribution in [3.63, 3.8) is 0 Å². The highest BCUT2D eigenvalue weighted by Crippen LogP contribution is 2.35. The molecule has 0 radical (unpaired) electrons. The van der Waals surface area contributed by atoms with Crippen LogP contribution in [-0.2, 0) is 9.53 Å². The second kappa shape index (κ2) is 6.88. The Balaban J connectivity index is 2.16. The van der Waals surface area contributed by atoms with Crippen molar-refractivity contribution in [1.82, 2.24) is 9.55 Å². The van der Waals surface area contributed by atoms with Crippen LogP contribution in [0.25, 0.3) is 10.2 Å². The lowest BCUT2D eigenvalue weighted by molar-refractivity contribution is -0.139. The first-order valence-electron chi connectivity index (χ1n) is 8.20. The molecule has 2 aromatic rings. The summed E-state index contributed by atoms with van der Waals surface area (Å²) >= 11 is 2.86. The summed E-state index contributed by atoms with van der Waals surface area (Å²) in [6, 6.07) is 0.182. The molecule has 130 valence electrons. The topological polar surface area (TPSA) is 61.2 Å². The van der Waals surface area contributed by atoms with Crippen LogP contribution in [0.2, 0.25) is 0 Å². The Labute approximate surface area is 149 Å². The van der Waals surface area contributed by atoms with Crippen molar-refractivity contribution in [3.8, 4) is 0 Å². The molecule has 3 rings (SSSR count). The van der Waals surface area contributed by atoms with E-state index in [9.17, 15) is 9.59 Å². The Bertz CT molecular complexity index is 834. The molecule has 0 bridgehead atoms. The lowest BCUT2D eigenvalue weighted by Gasteiger charge is -2.19. The van der Waals surface area contributed by atoms with E-state index in [1.807, 2.05) is 18.4 Å². The van der Waals surface area contributed by atoms with E-state index in [0.717, 1.165) is 46.3 Å². The number of aryl methyl sites for hydroxylation is 2. The van der Waals surface area contributed by atoms with Gasteiger partial charge < -0.3 is 4.74 Å². The van der Waals surface area contributed by atoms with Gasteiger partial charge in [0.1, 0.15) is 10.1 Å². The Morgan fingerprint density at radius 1 is 1.38 bits per heavy atom. The van der Waals surface area contributed by atoms with Gasteiger partial charge in [-0.3, -0.25) is 14.2 Å². The second-order valence-electron chi connectivity index (χ2n) is 6.25. The molecule has 0 aromatic carbocycles. The fourth-order valence-corrected chi connectivity index (χ4v) is 5.30. The first-order valence-corrected chi connectivity index (χ1v) is 9.90. The molecular formula is C17H22N2O3S2. The number of thioether (sulfide) groups is 1. The number of nitrogens with zero attached hydrogens (tertiary/aromatic N) is 2. The smallest absolute Gasteiger partial charge is 0.318 e. The van der Waals surface area contributed by atoms with E-state index in [1.54, 1.807) is 18.3 Å². The lowest BCUT2D eigenvalue weighted by atomic mass is 10.2. The zero-order valence-corrected chi connectivity index (χ0v) is 16.1. The van der Waals surface area contributed by atoms with Crippen LogP contribution < -0.4 is 5.56 Å². The molecule has 0 N–H and O–H groups in total. The number of aromatic nitrogens is 2. The minimum absolute atomic E-state index is 0.0355. The van der Waals surface area contributed by atoms with Gasteiger partial charge in [0.2, 0.25) is 0 Å². The standard InChI is InChI=1S/C17H22N2O3S2/c1-9-10(2)23-14-13(9)15(20)19(12-7-5-6-8-12)17(18-14)24-11(3)16(21)22-4/h11-12H,5-8H2,1-4H3/t11-/m0/s1. The minimum atomic E-state index is -0.394. The summed E-state index contributed by atoms with van der Waals surface area (Å²) in [6.45, 7) is 5.79. The first kappa shape index (κ1) is 17.5. The Morgan fingerprint density at radius 2 is 2.04 bits per heavy atom. The summed E-state index contributed by atoms with van der Waals surface area (Å²) in [5, 5.41) is 0.979. The highest BCUT2D eigenvalue weighted by molar-refractivity contribution is 8.00. The molecule has 5 nitrogen and oxygen atoms in total. The van der Waals surface area contributed by atoms with Crippen LogP contribution in [0.15, 0.2) is 9.95 Å². The molecule has 0 amide bonds. The van der Waals surface area contributed by atoms with Crippen molar-refractivity contribution in [3.05, 3.63) is 20.8 Å². The highest BCUT2D eigenvalue weighted by Gasteiger charge is 2.27. The highest BCUT2D eigenvalue weighted by atomic mass is 32.2. The number of carbonyl (C=O) groups excluding carboxylic acids is 1. The van der Waals surface area contributed by atoms with Crippen molar-refractivity contribution in [2.24, 2.45) is 0 Å². The molecule has 24 heavy (non-hydrogen) atoms. The van der Waals surface area contributed by atoms with E-state index < -0.39 is 5.25 Å². The van der Waals surface area contributed by atoms with Gasteiger partial charge in [0.05, 0.1) is 12.5 Å². The van der Waals surface area contributed by atoms with Gasteiger partial charge in [-0.25, -0.2) is 4.98 Å². The van der Waals surface area contributed by atoms with Crippen LogP contribution in [0.5, 0.6) is 0 Å². The van der Waals surface area contributed by atoms with Crippen molar-refractivity contribution in [1.29, 1.82) is 0 Å². The fourth-order valence-electron chi connectivity index (χ4n) is 3.23. The Kier molecular flexibility index (Phi) is 5.01. The van der Waals surface area contributed by atoms with Crippen LogP contribution in [0, 0.1) is 13.8 Å². The van der Waals surface area contributed by atoms with Crippen LogP contribution in [-0.4, -0.2) is 27.9 Å². The molecule has 2 aromatic heterocycles. The summed E-state index contributed by atoms with van der Waals surface area (Å²) in [5.74, 6) is -0.300. The quantitative estimate of drug-likeness (QED) is 0.467. The summed E-state index contributed by atoms with van der Waals surface area (Å²) in [5.41, 5.74) is 1.06. The van der Waals surface area contributed by atoms with Gasteiger partial charge in [-0.2, -0.15) is 0 Å². The monoisotopic (exact) mass is 366 g/mol. The van der Waals surface area contributed by atoms with Crippen molar-refractivity contribution < 1.29 is 9.53 Å². The minimum Gasteiger partial charge on any atom is -0.468 e. The number of hydrogen-bond donors (Lipinski definition) is 0. The number of carbonyl (C=O) groups is 1. The number of rotatable bonds is 4. The number of hydrogen-bond acceptors (Lipinski definition) is 6. The molecule has 1 aliphatic carbocycles.